The lowest BCUT2D eigenvalue weighted by Gasteiger charge is -2.39. The average Bonchev–Trinajstić information content (AvgIpc) is 2.79. The molecule has 3 atom stereocenters. The highest BCUT2D eigenvalue weighted by atomic mass is 28.3. The van der Waals surface area contributed by atoms with Crippen LogP contribution in [0, 0.1) is 0 Å². The third-order valence-electron chi connectivity index (χ3n) is 5.25. The number of hydrogen-bond acceptors (Lipinski definition) is 4. The standard InChI is InChI=1S/C21H22F13NO4Si/c1-6-40(4,5)14-9-7-8-13(10-14)35(3)15(36)17(25,19(27,28)29)39-21(33,34)18(26,20(30,31)32)38-12(2)37-11-16(22,23)24/h6-10,12H,1,11H2,2-5H3. The second-order valence-electron chi connectivity index (χ2n) is 8.76. The summed E-state index contributed by atoms with van der Waals surface area (Å²) in [6.07, 6.45) is -29.4. The van der Waals surface area contributed by atoms with Crippen LogP contribution in [0.2, 0.25) is 13.1 Å². The number of rotatable bonds is 11. The molecule has 0 aliphatic heterocycles. The fourth-order valence-corrected chi connectivity index (χ4v) is 4.09. The minimum absolute atomic E-state index is 0.0499. The zero-order valence-corrected chi connectivity index (χ0v) is 21.9. The third-order valence-corrected chi connectivity index (χ3v) is 8.07. The first-order chi connectivity index (χ1) is 17.7. The van der Waals surface area contributed by atoms with Crippen molar-refractivity contribution in [3.8, 4) is 0 Å². The number of nitrogens with zero attached hydrogens (tertiary/aromatic N) is 1. The van der Waals surface area contributed by atoms with E-state index in [1.54, 1.807) is 13.1 Å². The quantitative estimate of drug-likeness (QED) is 0.164. The van der Waals surface area contributed by atoms with Crippen LogP contribution in [0.4, 0.5) is 62.8 Å². The summed E-state index contributed by atoms with van der Waals surface area (Å²) < 4.78 is 185. The summed E-state index contributed by atoms with van der Waals surface area (Å²) in [6, 6.07) is 4.61. The summed E-state index contributed by atoms with van der Waals surface area (Å²) in [4.78, 5) is 12.3. The smallest absolute Gasteiger partial charge is 0.343 e. The number of carbonyl (C=O) groups excluding carboxylic acids is 1. The molecule has 3 unspecified atom stereocenters. The van der Waals surface area contributed by atoms with Gasteiger partial charge < -0.3 is 14.4 Å². The van der Waals surface area contributed by atoms with Crippen LogP contribution in [-0.4, -0.2) is 70.3 Å². The van der Waals surface area contributed by atoms with E-state index in [0.29, 0.717) is 12.2 Å². The molecule has 0 N–H and O–H groups in total. The molecule has 0 aromatic heterocycles. The van der Waals surface area contributed by atoms with Crippen molar-refractivity contribution in [3.63, 3.8) is 0 Å². The minimum Gasteiger partial charge on any atom is -0.343 e. The molecule has 0 heterocycles. The highest BCUT2D eigenvalue weighted by Gasteiger charge is 2.80. The number of ether oxygens (including phenoxy) is 3. The molecule has 0 radical (unpaired) electrons. The molecule has 0 aliphatic rings. The minimum atomic E-state index is -7.07. The van der Waals surface area contributed by atoms with Gasteiger partial charge in [0, 0.05) is 12.7 Å². The van der Waals surface area contributed by atoms with Crippen molar-refractivity contribution in [2.24, 2.45) is 0 Å². The Morgan fingerprint density at radius 2 is 1.50 bits per heavy atom. The van der Waals surface area contributed by atoms with Crippen molar-refractivity contribution in [2.45, 2.75) is 62.7 Å². The van der Waals surface area contributed by atoms with Crippen LogP contribution in [-0.2, 0) is 19.0 Å². The van der Waals surface area contributed by atoms with Gasteiger partial charge in [0.05, 0.1) is 0 Å². The molecule has 1 rings (SSSR count). The number of likely N-dealkylation sites (N-methyl/N-ethyl adjacent to an activating group) is 1. The zero-order chi connectivity index (χ0) is 31.8. The zero-order valence-electron chi connectivity index (χ0n) is 20.9. The Bertz CT molecular complexity index is 1060. The highest BCUT2D eigenvalue weighted by Crippen LogP contribution is 2.52. The summed E-state index contributed by atoms with van der Waals surface area (Å²) in [5, 5.41) is 0.392. The molecule has 0 saturated carbocycles. The summed E-state index contributed by atoms with van der Waals surface area (Å²) in [7, 11) is -2.05. The van der Waals surface area contributed by atoms with Gasteiger partial charge in [-0.2, -0.15) is 57.1 Å². The van der Waals surface area contributed by atoms with E-state index >= 15 is 4.39 Å². The predicted octanol–water partition coefficient (Wildman–Crippen LogP) is 6.30. The molecule has 0 bridgehead atoms. The van der Waals surface area contributed by atoms with Crippen LogP contribution in [0.3, 0.4) is 0 Å². The monoisotopic (exact) mass is 627 g/mol. The number of alkyl halides is 13. The van der Waals surface area contributed by atoms with Gasteiger partial charge in [0.1, 0.15) is 14.7 Å². The fourth-order valence-electron chi connectivity index (χ4n) is 2.81. The van der Waals surface area contributed by atoms with Gasteiger partial charge in [-0.15, -0.1) is 6.58 Å². The fraction of sp³-hybridized carbons (Fsp3) is 0.571. The number of carbonyl (C=O) groups is 1. The van der Waals surface area contributed by atoms with Crippen LogP contribution in [0.25, 0.3) is 0 Å². The van der Waals surface area contributed by atoms with Gasteiger partial charge in [-0.3, -0.25) is 9.53 Å². The van der Waals surface area contributed by atoms with E-state index in [1.165, 1.54) is 17.8 Å². The van der Waals surface area contributed by atoms with Gasteiger partial charge in [-0.25, -0.2) is 0 Å². The van der Waals surface area contributed by atoms with Gasteiger partial charge in [0.2, 0.25) is 0 Å². The maximum absolute atomic E-state index is 15.1. The molecule has 0 saturated heterocycles. The van der Waals surface area contributed by atoms with Gasteiger partial charge in [0.25, 0.3) is 0 Å². The van der Waals surface area contributed by atoms with Crippen LogP contribution >= 0.6 is 0 Å². The Kier molecular flexibility index (Phi) is 10.2. The number of amides is 1. The number of anilines is 1. The van der Waals surface area contributed by atoms with Gasteiger partial charge in [-0.1, -0.05) is 36.1 Å². The number of benzene rings is 1. The average molecular weight is 627 g/mol. The van der Waals surface area contributed by atoms with Crippen molar-refractivity contribution >= 4 is 24.9 Å². The van der Waals surface area contributed by atoms with E-state index < -0.39 is 68.9 Å². The highest BCUT2D eigenvalue weighted by molar-refractivity contribution is 6.93. The Balaban J connectivity index is 3.55. The second kappa shape index (κ2) is 11.5. The normalized spacial score (nSPS) is 17.5. The van der Waals surface area contributed by atoms with Crippen molar-refractivity contribution < 1.29 is 76.1 Å². The van der Waals surface area contributed by atoms with Crippen LogP contribution in [0.5, 0.6) is 0 Å². The molecule has 0 fully saturated rings. The number of hydrogen-bond donors (Lipinski definition) is 0. The summed E-state index contributed by atoms with van der Waals surface area (Å²) >= 11 is 0. The van der Waals surface area contributed by atoms with E-state index in [0.717, 1.165) is 12.1 Å². The van der Waals surface area contributed by atoms with E-state index in [1.807, 2.05) is 0 Å². The topological polar surface area (TPSA) is 48.0 Å². The molecule has 0 spiro atoms. The summed E-state index contributed by atoms with van der Waals surface area (Å²) in [5.41, 5.74) is 0.945. The SMILES string of the molecule is C=C[Si](C)(C)c1cccc(N(C)C(=O)C(F)(OC(F)(F)C(F)(OC(C)OCC(F)(F)F)C(F)(F)F)C(F)(F)F)c1. The van der Waals surface area contributed by atoms with Gasteiger partial charge in [0.15, 0.2) is 6.29 Å². The van der Waals surface area contributed by atoms with Crippen molar-refractivity contribution in [1.82, 2.24) is 0 Å². The summed E-state index contributed by atoms with van der Waals surface area (Å²) in [6.45, 7) is 4.55. The Morgan fingerprint density at radius 3 is 1.93 bits per heavy atom. The van der Waals surface area contributed by atoms with Crippen molar-refractivity contribution in [3.05, 3.63) is 36.5 Å². The molecular formula is C21H22F13NO4Si. The molecule has 230 valence electrons. The Morgan fingerprint density at radius 1 is 0.975 bits per heavy atom. The molecular weight excluding hydrogens is 605 g/mol. The van der Waals surface area contributed by atoms with E-state index in [9.17, 15) is 57.5 Å². The first-order valence-electron chi connectivity index (χ1n) is 10.6. The van der Waals surface area contributed by atoms with E-state index in [2.05, 4.69) is 20.8 Å². The van der Waals surface area contributed by atoms with E-state index in [-0.39, 0.29) is 11.8 Å². The summed E-state index contributed by atoms with van der Waals surface area (Å²) in [5.74, 6) is -16.1. The lowest BCUT2D eigenvalue weighted by molar-refractivity contribution is -0.508. The largest absolute Gasteiger partial charge is 0.458 e. The van der Waals surface area contributed by atoms with Gasteiger partial charge >= 0.3 is 42.3 Å². The van der Waals surface area contributed by atoms with Crippen LogP contribution in [0.1, 0.15) is 6.92 Å². The second-order valence-corrected chi connectivity index (χ2v) is 13.2. The lowest BCUT2D eigenvalue weighted by Crippen LogP contribution is -2.66. The van der Waals surface area contributed by atoms with Crippen LogP contribution in [0.15, 0.2) is 36.5 Å². The maximum Gasteiger partial charge on any atom is 0.458 e. The Hall–Kier alpha value is -2.38. The van der Waals surface area contributed by atoms with E-state index in [4.69, 9.17) is 0 Å². The number of halogens is 13. The molecule has 1 aromatic carbocycles. The molecule has 1 aromatic rings. The van der Waals surface area contributed by atoms with Crippen LogP contribution < -0.4 is 10.1 Å². The van der Waals surface area contributed by atoms with Gasteiger partial charge in [-0.05, 0) is 19.1 Å². The predicted molar refractivity (Wildman–Crippen MR) is 116 cm³/mol. The molecule has 19 heteroatoms. The molecule has 1 amide bonds. The molecule has 5 nitrogen and oxygen atoms in total. The Labute approximate surface area is 219 Å². The van der Waals surface area contributed by atoms with Crippen molar-refractivity contribution in [2.75, 3.05) is 18.6 Å². The molecule has 0 aliphatic carbocycles. The lowest BCUT2D eigenvalue weighted by atomic mass is 10.2. The first-order valence-corrected chi connectivity index (χ1v) is 13.7. The first kappa shape index (κ1) is 35.6. The third kappa shape index (κ3) is 7.67. The molecule has 40 heavy (non-hydrogen) atoms. The van der Waals surface area contributed by atoms with Crippen molar-refractivity contribution in [1.29, 1.82) is 0 Å². The maximum atomic E-state index is 15.1.